The summed E-state index contributed by atoms with van der Waals surface area (Å²) in [5.74, 6) is 0. The molecule has 0 aliphatic heterocycles. The first-order valence-electron chi connectivity index (χ1n) is 4.02. The van der Waals surface area contributed by atoms with Crippen LogP contribution in [0.3, 0.4) is 0 Å². The molecule has 0 aromatic carbocycles. The molecule has 3 heteroatoms. The molecule has 0 radical (unpaired) electrons. The lowest BCUT2D eigenvalue weighted by atomic mass is 10.0. The van der Waals surface area contributed by atoms with Crippen LogP contribution >= 0.6 is 0 Å². The first-order valence-corrected chi connectivity index (χ1v) is 4.02. The Morgan fingerprint density at radius 2 is 2.42 bits per heavy atom. The molecule has 1 aromatic heterocycles. The van der Waals surface area contributed by atoms with Gasteiger partial charge in [-0.05, 0) is 30.5 Å². The van der Waals surface area contributed by atoms with Crippen LogP contribution in [0.25, 0.3) is 0 Å². The Morgan fingerprint density at radius 3 is 3.00 bits per heavy atom. The minimum Gasteiger partial charge on any atom is -0.396 e. The molecule has 0 unspecified atom stereocenters. The molecule has 66 valence electrons. The van der Waals surface area contributed by atoms with E-state index in [2.05, 4.69) is 4.98 Å². The van der Waals surface area contributed by atoms with Gasteiger partial charge in [0.15, 0.2) is 0 Å². The van der Waals surface area contributed by atoms with E-state index in [1.54, 1.807) is 12.4 Å². The molecule has 0 saturated carbocycles. The van der Waals surface area contributed by atoms with Gasteiger partial charge in [0.1, 0.15) is 0 Å². The van der Waals surface area contributed by atoms with Gasteiger partial charge < -0.3 is 10.8 Å². The number of hydrogen-bond acceptors (Lipinski definition) is 3. The standard InChI is InChI=1S/C9H14N2O/c1-7-6-11-4-2-8(7)9(10)3-5-12/h2,4,6,9,12H,3,5,10H2,1H3/t9-/m1/s1. The Labute approximate surface area is 72.2 Å². The maximum Gasteiger partial charge on any atom is 0.0449 e. The normalized spacial score (nSPS) is 12.9. The number of aliphatic hydroxyl groups excluding tert-OH is 1. The highest BCUT2D eigenvalue weighted by Gasteiger charge is 2.06. The molecular formula is C9H14N2O. The van der Waals surface area contributed by atoms with E-state index in [4.69, 9.17) is 10.8 Å². The van der Waals surface area contributed by atoms with Crippen molar-refractivity contribution in [3.05, 3.63) is 29.6 Å². The lowest BCUT2D eigenvalue weighted by Gasteiger charge is -2.12. The minimum atomic E-state index is -0.0713. The molecule has 0 aliphatic rings. The van der Waals surface area contributed by atoms with E-state index in [0.717, 1.165) is 11.1 Å². The fourth-order valence-corrected chi connectivity index (χ4v) is 1.19. The summed E-state index contributed by atoms with van der Waals surface area (Å²) in [6.45, 7) is 2.10. The maximum atomic E-state index is 8.69. The molecule has 1 atom stereocenters. The summed E-state index contributed by atoms with van der Waals surface area (Å²) in [5.41, 5.74) is 7.97. The van der Waals surface area contributed by atoms with E-state index in [1.165, 1.54) is 0 Å². The first-order chi connectivity index (χ1) is 5.75. The van der Waals surface area contributed by atoms with Gasteiger partial charge in [-0.2, -0.15) is 0 Å². The maximum absolute atomic E-state index is 8.69. The van der Waals surface area contributed by atoms with E-state index in [-0.39, 0.29) is 12.6 Å². The Hall–Kier alpha value is -0.930. The number of hydrogen-bond donors (Lipinski definition) is 2. The van der Waals surface area contributed by atoms with Gasteiger partial charge in [0, 0.05) is 25.0 Å². The van der Waals surface area contributed by atoms with Crippen molar-refractivity contribution < 1.29 is 5.11 Å². The van der Waals surface area contributed by atoms with Crippen molar-refractivity contribution in [1.29, 1.82) is 0 Å². The topological polar surface area (TPSA) is 59.1 Å². The van der Waals surface area contributed by atoms with E-state index in [9.17, 15) is 0 Å². The lowest BCUT2D eigenvalue weighted by molar-refractivity contribution is 0.276. The fourth-order valence-electron chi connectivity index (χ4n) is 1.19. The number of aryl methyl sites for hydroxylation is 1. The van der Waals surface area contributed by atoms with Gasteiger partial charge in [-0.1, -0.05) is 0 Å². The van der Waals surface area contributed by atoms with Crippen molar-refractivity contribution in [2.45, 2.75) is 19.4 Å². The summed E-state index contributed by atoms with van der Waals surface area (Å²) < 4.78 is 0. The summed E-state index contributed by atoms with van der Waals surface area (Å²) in [6.07, 6.45) is 4.11. The molecule has 3 N–H and O–H groups in total. The van der Waals surface area contributed by atoms with Crippen molar-refractivity contribution in [3.63, 3.8) is 0 Å². The highest BCUT2D eigenvalue weighted by molar-refractivity contribution is 5.24. The van der Waals surface area contributed by atoms with E-state index in [0.29, 0.717) is 6.42 Å². The predicted molar refractivity (Wildman–Crippen MR) is 47.6 cm³/mol. The van der Waals surface area contributed by atoms with Gasteiger partial charge >= 0.3 is 0 Å². The van der Waals surface area contributed by atoms with Gasteiger partial charge in [0.05, 0.1) is 0 Å². The third-order valence-electron chi connectivity index (χ3n) is 1.90. The molecule has 0 aliphatic carbocycles. The van der Waals surface area contributed by atoms with Crippen LogP contribution in [0.5, 0.6) is 0 Å². The zero-order chi connectivity index (χ0) is 8.97. The van der Waals surface area contributed by atoms with Crippen LogP contribution in [0.4, 0.5) is 0 Å². The van der Waals surface area contributed by atoms with Crippen molar-refractivity contribution in [2.75, 3.05) is 6.61 Å². The largest absolute Gasteiger partial charge is 0.396 e. The lowest BCUT2D eigenvalue weighted by Crippen LogP contribution is -2.13. The van der Waals surface area contributed by atoms with Crippen LogP contribution in [-0.2, 0) is 0 Å². The third kappa shape index (κ3) is 2.03. The zero-order valence-electron chi connectivity index (χ0n) is 7.20. The molecule has 0 amide bonds. The second kappa shape index (κ2) is 4.18. The quantitative estimate of drug-likeness (QED) is 0.697. The monoisotopic (exact) mass is 166 g/mol. The number of pyridine rings is 1. The first kappa shape index (κ1) is 9.16. The Kier molecular flexibility index (Phi) is 3.19. The van der Waals surface area contributed by atoms with Gasteiger partial charge in [-0.3, -0.25) is 4.98 Å². The molecule has 1 heterocycles. The number of rotatable bonds is 3. The average molecular weight is 166 g/mol. The summed E-state index contributed by atoms with van der Waals surface area (Å²) in [5, 5.41) is 8.69. The van der Waals surface area contributed by atoms with E-state index >= 15 is 0 Å². The molecule has 0 spiro atoms. The Bertz CT molecular complexity index is 250. The molecule has 0 bridgehead atoms. The number of nitrogens with two attached hydrogens (primary N) is 1. The SMILES string of the molecule is Cc1cnccc1[C@H](N)CCO. The molecule has 0 fully saturated rings. The minimum absolute atomic E-state index is 0.0713. The Morgan fingerprint density at radius 1 is 1.67 bits per heavy atom. The summed E-state index contributed by atoms with van der Waals surface area (Å²) in [4.78, 5) is 3.97. The molecular weight excluding hydrogens is 152 g/mol. The van der Waals surface area contributed by atoms with Crippen LogP contribution in [0.15, 0.2) is 18.5 Å². The highest BCUT2D eigenvalue weighted by atomic mass is 16.3. The van der Waals surface area contributed by atoms with Crippen LogP contribution in [0, 0.1) is 6.92 Å². The van der Waals surface area contributed by atoms with Crippen molar-refractivity contribution in [1.82, 2.24) is 4.98 Å². The zero-order valence-corrected chi connectivity index (χ0v) is 7.20. The second-order valence-electron chi connectivity index (χ2n) is 2.85. The summed E-state index contributed by atoms with van der Waals surface area (Å²) in [6, 6.07) is 1.83. The van der Waals surface area contributed by atoms with Crippen molar-refractivity contribution in [2.24, 2.45) is 5.73 Å². The van der Waals surface area contributed by atoms with Crippen LogP contribution in [-0.4, -0.2) is 16.7 Å². The van der Waals surface area contributed by atoms with Crippen LogP contribution in [0.1, 0.15) is 23.6 Å². The fraction of sp³-hybridized carbons (Fsp3) is 0.444. The van der Waals surface area contributed by atoms with E-state index in [1.807, 2.05) is 13.0 Å². The van der Waals surface area contributed by atoms with Gasteiger partial charge in [0.25, 0.3) is 0 Å². The second-order valence-corrected chi connectivity index (χ2v) is 2.85. The third-order valence-corrected chi connectivity index (χ3v) is 1.90. The molecule has 0 saturated heterocycles. The molecule has 1 rings (SSSR count). The van der Waals surface area contributed by atoms with Gasteiger partial charge in [-0.25, -0.2) is 0 Å². The number of nitrogens with zero attached hydrogens (tertiary/aromatic N) is 1. The number of aromatic nitrogens is 1. The van der Waals surface area contributed by atoms with E-state index < -0.39 is 0 Å². The van der Waals surface area contributed by atoms with Gasteiger partial charge in [0.2, 0.25) is 0 Å². The van der Waals surface area contributed by atoms with Crippen LogP contribution in [0.2, 0.25) is 0 Å². The van der Waals surface area contributed by atoms with Gasteiger partial charge in [-0.15, -0.1) is 0 Å². The average Bonchev–Trinajstić information content (AvgIpc) is 2.05. The summed E-state index contributed by atoms with van der Waals surface area (Å²) >= 11 is 0. The van der Waals surface area contributed by atoms with Crippen molar-refractivity contribution >= 4 is 0 Å². The highest BCUT2D eigenvalue weighted by Crippen LogP contribution is 2.16. The smallest absolute Gasteiger partial charge is 0.0449 e. The molecule has 3 nitrogen and oxygen atoms in total. The Balaban J connectivity index is 2.79. The predicted octanol–water partition coefficient (Wildman–Crippen LogP) is 0.772. The number of aliphatic hydroxyl groups is 1. The molecule has 12 heavy (non-hydrogen) atoms. The molecule has 1 aromatic rings. The van der Waals surface area contributed by atoms with Crippen LogP contribution < -0.4 is 5.73 Å². The summed E-state index contributed by atoms with van der Waals surface area (Å²) in [7, 11) is 0. The van der Waals surface area contributed by atoms with Crippen molar-refractivity contribution in [3.8, 4) is 0 Å².